The van der Waals surface area contributed by atoms with Crippen LogP contribution in [0.4, 0.5) is 15.8 Å². The van der Waals surface area contributed by atoms with Gasteiger partial charge in [-0.05, 0) is 72.9 Å². The average molecular weight is 482 g/mol. The molecule has 0 atom stereocenters. The van der Waals surface area contributed by atoms with Gasteiger partial charge >= 0.3 is 0 Å². The van der Waals surface area contributed by atoms with Gasteiger partial charge in [0.1, 0.15) is 12.4 Å². The molecule has 0 spiro atoms. The number of nitrogens with one attached hydrogen (secondary N) is 3. The number of hydrogen-bond donors (Lipinski definition) is 3. The van der Waals surface area contributed by atoms with Crippen LogP contribution in [0.15, 0.2) is 72.8 Å². The molecule has 2 amide bonds. The second-order valence-electron chi connectivity index (χ2n) is 7.04. The first-order valence-electron chi connectivity index (χ1n) is 9.77. The Balaban J connectivity index is 1.47. The normalized spacial score (nSPS) is 10.6. The van der Waals surface area contributed by atoms with E-state index >= 15 is 0 Å². The van der Waals surface area contributed by atoms with Crippen molar-refractivity contribution in [2.24, 2.45) is 0 Å². The zero-order valence-electron chi connectivity index (χ0n) is 17.0. The van der Waals surface area contributed by atoms with Crippen molar-refractivity contribution in [3.05, 3.63) is 94.0 Å². The number of carbonyl (C=O) groups is 2. The molecule has 0 aliphatic heterocycles. The summed E-state index contributed by atoms with van der Waals surface area (Å²) in [6, 6.07) is 19.0. The molecule has 10 heteroatoms. The summed E-state index contributed by atoms with van der Waals surface area (Å²) >= 11 is 11.2. The zero-order valence-corrected chi connectivity index (χ0v) is 18.6. The van der Waals surface area contributed by atoms with Gasteiger partial charge in [0.05, 0.1) is 0 Å². The minimum Gasteiger partial charge on any atom is -0.325 e. The van der Waals surface area contributed by atoms with Gasteiger partial charge in [0, 0.05) is 27.5 Å². The lowest BCUT2D eigenvalue weighted by molar-refractivity contribution is -0.116. The van der Waals surface area contributed by atoms with Crippen molar-refractivity contribution in [1.29, 1.82) is 0 Å². The maximum absolute atomic E-state index is 13.3. The van der Waals surface area contributed by atoms with Gasteiger partial charge < -0.3 is 10.6 Å². The van der Waals surface area contributed by atoms with Gasteiger partial charge in [0.25, 0.3) is 5.91 Å². The first-order chi connectivity index (χ1) is 15.9. The fourth-order valence-electron chi connectivity index (χ4n) is 3.14. The molecule has 3 aromatic carbocycles. The second-order valence-corrected chi connectivity index (χ2v) is 7.86. The molecule has 33 heavy (non-hydrogen) atoms. The third-order valence-electron chi connectivity index (χ3n) is 4.65. The molecule has 0 radical (unpaired) electrons. The summed E-state index contributed by atoms with van der Waals surface area (Å²) in [5.74, 6) is -0.746. The van der Waals surface area contributed by atoms with Crippen molar-refractivity contribution in [2.45, 2.75) is 6.54 Å². The Morgan fingerprint density at radius 2 is 1.70 bits per heavy atom. The van der Waals surface area contributed by atoms with Crippen molar-refractivity contribution in [2.75, 3.05) is 10.6 Å². The SMILES string of the molecule is O=C(Cn1c(-c2ccc(Cl)cc2)n[nH]c1=S)Nc1cccc(C(=O)Nc2cccc(F)c2)c1. The van der Waals surface area contributed by atoms with E-state index in [-0.39, 0.29) is 12.5 Å². The highest BCUT2D eigenvalue weighted by Gasteiger charge is 2.14. The van der Waals surface area contributed by atoms with Crippen LogP contribution >= 0.6 is 23.8 Å². The molecule has 0 fully saturated rings. The van der Waals surface area contributed by atoms with Crippen LogP contribution in [0.1, 0.15) is 10.4 Å². The third kappa shape index (κ3) is 5.51. The maximum Gasteiger partial charge on any atom is 0.255 e. The van der Waals surface area contributed by atoms with Crippen LogP contribution in [0, 0.1) is 10.6 Å². The quantitative estimate of drug-likeness (QED) is 0.326. The fourth-order valence-corrected chi connectivity index (χ4v) is 3.46. The Morgan fingerprint density at radius 1 is 1.00 bits per heavy atom. The summed E-state index contributed by atoms with van der Waals surface area (Å²) in [7, 11) is 0. The molecule has 3 N–H and O–H groups in total. The molecular weight excluding hydrogens is 465 g/mol. The predicted molar refractivity (Wildman–Crippen MR) is 127 cm³/mol. The monoisotopic (exact) mass is 481 g/mol. The molecule has 0 aliphatic rings. The molecular formula is C23H17ClFN5O2S. The number of nitrogens with zero attached hydrogens (tertiary/aromatic N) is 2. The molecule has 0 bridgehead atoms. The van der Waals surface area contributed by atoms with Crippen LogP contribution < -0.4 is 10.6 Å². The van der Waals surface area contributed by atoms with E-state index in [2.05, 4.69) is 20.8 Å². The van der Waals surface area contributed by atoms with E-state index in [0.717, 1.165) is 5.56 Å². The van der Waals surface area contributed by atoms with Crippen molar-refractivity contribution < 1.29 is 14.0 Å². The van der Waals surface area contributed by atoms with E-state index in [0.29, 0.717) is 32.6 Å². The summed E-state index contributed by atoms with van der Waals surface area (Å²) in [4.78, 5) is 25.2. The first kappa shape index (κ1) is 22.4. The summed E-state index contributed by atoms with van der Waals surface area (Å²) in [6.45, 7) is -0.0903. The Labute approximate surface area is 198 Å². The molecule has 0 unspecified atom stereocenters. The van der Waals surface area contributed by atoms with Gasteiger partial charge in [-0.2, -0.15) is 5.10 Å². The molecule has 0 saturated heterocycles. The molecule has 1 heterocycles. The number of aromatic amines is 1. The Bertz CT molecular complexity index is 1380. The molecule has 0 aliphatic carbocycles. The van der Waals surface area contributed by atoms with Crippen molar-refractivity contribution >= 4 is 47.0 Å². The number of halogens is 2. The van der Waals surface area contributed by atoms with Crippen LogP contribution in [0.5, 0.6) is 0 Å². The van der Waals surface area contributed by atoms with Gasteiger partial charge in [-0.1, -0.05) is 23.7 Å². The Hall–Kier alpha value is -3.82. The number of H-pyrrole nitrogens is 1. The first-order valence-corrected chi connectivity index (χ1v) is 10.6. The number of aromatic nitrogens is 3. The van der Waals surface area contributed by atoms with Gasteiger partial charge in [-0.15, -0.1) is 0 Å². The van der Waals surface area contributed by atoms with Gasteiger partial charge in [0.15, 0.2) is 10.6 Å². The van der Waals surface area contributed by atoms with E-state index in [9.17, 15) is 14.0 Å². The molecule has 4 aromatic rings. The number of benzene rings is 3. The highest BCUT2D eigenvalue weighted by molar-refractivity contribution is 7.71. The molecule has 1 aromatic heterocycles. The van der Waals surface area contributed by atoms with Crippen LogP contribution in [-0.2, 0) is 11.3 Å². The van der Waals surface area contributed by atoms with Crippen LogP contribution in [0.25, 0.3) is 11.4 Å². The highest BCUT2D eigenvalue weighted by atomic mass is 35.5. The van der Waals surface area contributed by atoms with E-state index in [1.807, 2.05) is 0 Å². The minimum atomic E-state index is -0.454. The lowest BCUT2D eigenvalue weighted by Gasteiger charge is -2.10. The number of hydrogen-bond acceptors (Lipinski definition) is 4. The highest BCUT2D eigenvalue weighted by Crippen LogP contribution is 2.20. The van der Waals surface area contributed by atoms with Crippen molar-refractivity contribution in [3.63, 3.8) is 0 Å². The van der Waals surface area contributed by atoms with Gasteiger partial charge in [-0.3, -0.25) is 19.3 Å². The topological polar surface area (TPSA) is 91.8 Å². The Kier molecular flexibility index (Phi) is 6.62. The molecule has 4 rings (SSSR count). The number of rotatable bonds is 6. The van der Waals surface area contributed by atoms with Crippen LogP contribution in [-0.4, -0.2) is 26.6 Å². The van der Waals surface area contributed by atoms with E-state index in [1.54, 1.807) is 53.1 Å². The summed E-state index contributed by atoms with van der Waals surface area (Å²) in [5, 5.41) is 12.9. The number of carbonyl (C=O) groups excluding carboxylic acids is 2. The van der Waals surface area contributed by atoms with E-state index in [4.69, 9.17) is 23.8 Å². The second kappa shape index (κ2) is 9.76. The number of amides is 2. The summed E-state index contributed by atoms with van der Waals surface area (Å²) < 4.78 is 15.2. The fraction of sp³-hybridized carbons (Fsp3) is 0.0435. The summed E-state index contributed by atoms with van der Waals surface area (Å²) in [5.41, 5.74) is 1.81. The zero-order chi connectivity index (χ0) is 23.4. The van der Waals surface area contributed by atoms with Crippen molar-refractivity contribution in [1.82, 2.24) is 14.8 Å². The van der Waals surface area contributed by atoms with Gasteiger partial charge in [0.2, 0.25) is 5.91 Å². The molecule has 7 nitrogen and oxygen atoms in total. The lowest BCUT2D eigenvalue weighted by atomic mass is 10.1. The average Bonchev–Trinajstić information content (AvgIpc) is 3.14. The minimum absolute atomic E-state index is 0.0903. The number of anilines is 2. The maximum atomic E-state index is 13.3. The van der Waals surface area contributed by atoms with Crippen molar-refractivity contribution in [3.8, 4) is 11.4 Å². The lowest BCUT2D eigenvalue weighted by Crippen LogP contribution is -2.20. The standard InChI is InChI=1S/C23H17ClFN5O2S/c24-16-9-7-14(8-10-16)21-28-29-23(33)30(21)13-20(31)26-18-5-1-3-15(11-18)22(32)27-19-6-2-4-17(25)12-19/h1-12H,13H2,(H,26,31)(H,27,32)(H,29,33). The molecule has 0 saturated carbocycles. The largest absolute Gasteiger partial charge is 0.325 e. The smallest absolute Gasteiger partial charge is 0.255 e. The summed E-state index contributed by atoms with van der Waals surface area (Å²) in [6.07, 6.45) is 0. The third-order valence-corrected chi connectivity index (χ3v) is 5.22. The molecule has 166 valence electrons. The Morgan fingerprint density at radius 3 is 2.42 bits per heavy atom. The van der Waals surface area contributed by atoms with E-state index in [1.165, 1.54) is 24.3 Å². The van der Waals surface area contributed by atoms with Crippen LogP contribution in [0.3, 0.4) is 0 Å². The predicted octanol–water partition coefficient (Wildman–Crippen LogP) is 5.29. The van der Waals surface area contributed by atoms with Crippen LogP contribution in [0.2, 0.25) is 5.02 Å². The van der Waals surface area contributed by atoms with E-state index < -0.39 is 11.7 Å². The van der Waals surface area contributed by atoms with Gasteiger partial charge in [-0.25, -0.2) is 4.39 Å².